The highest BCUT2D eigenvalue weighted by Gasteiger charge is 2.26. The summed E-state index contributed by atoms with van der Waals surface area (Å²) < 4.78 is 12.0. The minimum absolute atomic E-state index is 0. The predicted molar refractivity (Wildman–Crippen MR) is 143 cm³/mol. The number of hydrogen-bond donors (Lipinski definition) is 0. The molecule has 1 atom stereocenters. The number of anilines is 1. The SMILES string of the molecule is CN(C)c1ccc(-c2cc3nccnc3c(OC[C@@H]3CN(C(=O)c4cccnc4)CCO3)n2)cc1.S. The first-order valence-electron chi connectivity index (χ1n) is 11.4. The zero-order valence-electron chi connectivity index (χ0n) is 20.2. The third-order valence-electron chi connectivity index (χ3n) is 5.84. The lowest BCUT2D eigenvalue weighted by Gasteiger charge is -2.32. The maximum Gasteiger partial charge on any atom is 0.255 e. The van der Waals surface area contributed by atoms with E-state index in [0.717, 1.165) is 16.9 Å². The molecule has 1 aliphatic heterocycles. The Kier molecular flexibility index (Phi) is 7.97. The molecule has 9 nitrogen and oxygen atoms in total. The molecule has 0 bridgehead atoms. The molecule has 1 aliphatic rings. The van der Waals surface area contributed by atoms with Gasteiger partial charge in [0.2, 0.25) is 5.88 Å². The standard InChI is InChI=1S/C26H26N6O3.H2S/c1-31(2)20-7-5-18(6-8-20)22-14-23-24(29-11-10-28-23)25(30-22)35-17-21-16-32(12-13-34-21)26(33)19-4-3-9-27-15-19;/h3-11,14-15,21H,12-13,16-17H2,1-2H3;1H2/t21-;/m0./s1. The van der Waals surface area contributed by atoms with E-state index in [4.69, 9.17) is 14.5 Å². The van der Waals surface area contributed by atoms with Crippen molar-refractivity contribution < 1.29 is 14.3 Å². The number of hydrogen-bond acceptors (Lipinski definition) is 8. The third-order valence-corrected chi connectivity index (χ3v) is 5.84. The molecule has 1 aromatic carbocycles. The van der Waals surface area contributed by atoms with Crippen LogP contribution in [0.15, 0.2) is 67.3 Å². The van der Waals surface area contributed by atoms with Crippen molar-refractivity contribution in [3.63, 3.8) is 0 Å². The van der Waals surface area contributed by atoms with E-state index in [-0.39, 0.29) is 32.1 Å². The summed E-state index contributed by atoms with van der Waals surface area (Å²) in [6.07, 6.45) is 6.21. The number of amides is 1. The van der Waals surface area contributed by atoms with E-state index in [1.807, 2.05) is 49.3 Å². The number of nitrogens with zero attached hydrogens (tertiary/aromatic N) is 6. The predicted octanol–water partition coefficient (Wildman–Crippen LogP) is 3.19. The van der Waals surface area contributed by atoms with Crippen molar-refractivity contribution in [3.8, 4) is 17.1 Å². The molecule has 36 heavy (non-hydrogen) atoms. The Morgan fingerprint density at radius 3 is 2.69 bits per heavy atom. The van der Waals surface area contributed by atoms with Crippen LogP contribution in [-0.4, -0.2) is 77.2 Å². The van der Waals surface area contributed by atoms with Crippen LogP contribution in [0.4, 0.5) is 5.69 Å². The molecular weight excluding hydrogens is 476 g/mol. The van der Waals surface area contributed by atoms with Crippen LogP contribution in [0.25, 0.3) is 22.3 Å². The lowest BCUT2D eigenvalue weighted by atomic mass is 10.1. The van der Waals surface area contributed by atoms with Gasteiger partial charge in [0.15, 0.2) is 5.52 Å². The van der Waals surface area contributed by atoms with Crippen LogP contribution in [0.5, 0.6) is 5.88 Å². The zero-order chi connectivity index (χ0) is 24.2. The highest BCUT2D eigenvalue weighted by Crippen LogP contribution is 2.28. The quantitative estimate of drug-likeness (QED) is 0.395. The van der Waals surface area contributed by atoms with E-state index >= 15 is 0 Å². The highest BCUT2D eigenvalue weighted by molar-refractivity contribution is 7.59. The molecule has 1 amide bonds. The second-order valence-corrected chi connectivity index (χ2v) is 8.47. The van der Waals surface area contributed by atoms with Gasteiger partial charge in [0.1, 0.15) is 12.7 Å². The summed E-state index contributed by atoms with van der Waals surface area (Å²) in [4.78, 5) is 34.3. The molecule has 10 heteroatoms. The smallest absolute Gasteiger partial charge is 0.255 e. The van der Waals surface area contributed by atoms with Crippen molar-refractivity contribution in [1.29, 1.82) is 0 Å². The number of rotatable bonds is 6. The van der Waals surface area contributed by atoms with Gasteiger partial charge in [-0.3, -0.25) is 14.8 Å². The van der Waals surface area contributed by atoms with Crippen LogP contribution in [0.2, 0.25) is 0 Å². The number of carbonyl (C=O) groups excluding carboxylic acids is 1. The van der Waals surface area contributed by atoms with Crippen LogP contribution >= 0.6 is 13.5 Å². The molecule has 0 saturated carbocycles. The molecule has 1 saturated heterocycles. The van der Waals surface area contributed by atoms with E-state index in [1.165, 1.54) is 0 Å². The molecule has 0 aliphatic carbocycles. The minimum atomic E-state index is -0.291. The van der Waals surface area contributed by atoms with Gasteiger partial charge in [-0.25, -0.2) is 9.97 Å². The number of aromatic nitrogens is 4. The first kappa shape index (κ1) is 25.3. The summed E-state index contributed by atoms with van der Waals surface area (Å²) in [5.74, 6) is 0.325. The average molecular weight is 505 g/mol. The maximum atomic E-state index is 12.8. The Morgan fingerprint density at radius 2 is 1.94 bits per heavy atom. The molecule has 0 spiro atoms. The minimum Gasteiger partial charge on any atom is -0.473 e. The number of ether oxygens (including phenoxy) is 2. The van der Waals surface area contributed by atoms with Gasteiger partial charge >= 0.3 is 0 Å². The van der Waals surface area contributed by atoms with Crippen LogP contribution < -0.4 is 9.64 Å². The Bertz CT molecular complexity index is 1320. The largest absolute Gasteiger partial charge is 0.473 e. The van der Waals surface area contributed by atoms with Gasteiger partial charge in [-0.2, -0.15) is 13.5 Å². The fourth-order valence-corrected chi connectivity index (χ4v) is 3.97. The van der Waals surface area contributed by atoms with E-state index in [2.05, 4.69) is 15.0 Å². The van der Waals surface area contributed by atoms with Crippen molar-refractivity contribution in [2.75, 3.05) is 45.3 Å². The summed E-state index contributed by atoms with van der Waals surface area (Å²) in [5.41, 5.74) is 4.64. The fourth-order valence-electron chi connectivity index (χ4n) is 3.97. The van der Waals surface area contributed by atoms with Gasteiger partial charge in [0.05, 0.1) is 29.9 Å². The Morgan fingerprint density at radius 1 is 1.14 bits per heavy atom. The van der Waals surface area contributed by atoms with E-state index in [0.29, 0.717) is 42.2 Å². The molecule has 1 fully saturated rings. The number of fused-ring (bicyclic) bond motifs is 1. The Balaban J connectivity index is 0.00000304. The summed E-state index contributed by atoms with van der Waals surface area (Å²) >= 11 is 0. The summed E-state index contributed by atoms with van der Waals surface area (Å²) in [5, 5.41) is 0. The van der Waals surface area contributed by atoms with Crippen molar-refractivity contribution >= 4 is 36.1 Å². The molecule has 5 rings (SSSR count). The second kappa shape index (κ2) is 11.3. The van der Waals surface area contributed by atoms with Crippen molar-refractivity contribution in [2.24, 2.45) is 0 Å². The maximum absolute atomic E-state index is 12.8. The summed E-state index contributed by atoms with van der Waals surface area (Å²) in [7, 11) is 4.01. The number of carbonyl (C=O) groups is 1. The van der Waals surface area contributed by atoms with E-state index < -0.39 is 0 Å². The van der Waals surface area contributed by atoms with Crippen LogP contribution in [-0.2, 0) is 4.74 Å². The number of benzene rings is 1. The van der Waals surface area contributed by atoms with Crippen LogP contribution in [0, 0.1) is 0 Å². The van der Waals surface area contributed by atoms with Gasteiger partial charge in [-0.1, -0.05) is 12.1 Å². The molecule has 3 aromatic heterocycles. The normalized spacial score (nSPS) is 15.3. The fraction of sp³-hybridized carbons (Fsp3) is 0.269. The molecule has 0 unspecified atom stereocenters. The van der Waals surface area contributed by atoms with E-state index in [9.17, 15) is 4.79 Å². The van der Waals surface area contributed by atoms with Gasteiger partial charge < -0.3 is 19.3 Å². The van der Waals surface area contributed by atoms with Crippen molar-refractivity contribution in [3.05, 3.63) is 72.8 Å². The van der Waals surface area contributed by atoms with Crippen molar-refractivity contribution in [2.45, 2.75) is 6.10 Å². The molecule has 4 heterocycles. The van der Waals surface area contributed by atoms with Gasteiger partial charge in [0, 0.05) is 56.7 Å². The second-order valence-electron chi connectivity index (χ2n) is 8.47. The number of morpholine rings is 1. The molecule has 0 N–H and O–H groups in total. The highest BCUT2D eigenvalue weighted by atomic mass is 32.1. The van der Waals surface area contributed by atoms with Crippen LogP contribution in [0.1, 0.15) is 10.4 Å². The topological polar surface area (TPSA) is 93.6 Å². The summed E-state index contributed by atoms with van der Waals surface area (Å²) in [6, 6.07) is 13.6. The molecule has 186 valence electrons. The molecular formula is C26H28N6O3S. The van der Waals surface area contributed by atoms with Gasteiger partial charge in [0.25, 0.3) is 5.91 Å². The molecule has 0 radical (unpaired) electrons. The first-order chi connectivity index (χ1) is 17.1. The number of pyridine rings is 2. The van der Waals surface area contributed by atoms with Crippen molar-refractivity contribution in [1.82, 2.24) is 24.8 Å². The monoisotopic (exact) mass is 504 g/mol. The Hall–Kier alpha value is -3.76. The van der Waals surface area contributed by atoms with E-state index in [1.54, 1.807) is 41.8 Å². The van der Waals surface area contributed by atoms with Gasteiger partial charge in [-0.05, 0) is 30.3 Å². The average Bonchev–Trinajstić information content (AvgIpc) is 2.92. The zero-order valence-corrected chi connectivity index (χ0v) is 21.2. The molecule has 4 aromatic rings. The third kappa shape index (κ3) is 5.55. The lowest BCUT2D eigenvalue weighted by molar-refractivity contribution is -0.0405. The van der Waals surface area contributed by atoms with Crippen LogP contribution in [0.3, 0.4) is 0 Å². The lowest BCUT2D eigenvalue weighted by Crippen LogP contribution is -2.47. The van der Waals surface area contributed by atoms with Gasteiger partial charge in [-0.15, -0.1) is 0 Å². The Labute approximate surface area is 216 Å². The first-order valence-corrected chi connectivity index (χ1v) is 11.4. The summed E-state index contributed by atoms with van der Waals surface area (Å²) in [6.45, 7) is 1.61.